The van der Waals surface area contributed by atoms with Gasteiger partial charge < -0.3 is 10.6 Å². The first-order valence-electron chi connectivity index (χ1n) is 11.1. The molecule has 1 saturated carbocycles. The molecule has 4 rings (SSSR count). The van der Waals surface area contributed by atoms with Crippen LogP contribution in [0.2, 0.25) is 0 Å². The molecule has 1 aromatic heterocycles. The molecule has 2 N–H and O–H groups in total. The lowest BCUT2D eigenvalue weighted by molar-refractivity contribution is -0.134. The van der Waals surface area contributed by atoms with Crippen molar-refractivity contribution in [3.8, 4) is 6.07 Å². The lowest BCUT2D eigenvalue weighted by atomic mass is 9.69. The maximum Gasteiger partial charge on any atom is 0.325 e. The number of fused-ring (bicyclic) bond motifs is 1. The van der Waals surface area contributed by atoms with Crippen molar-refractivity contribution in [3.63, 3.8) is 0 Å². The fourth-order valence-corrected chi connectivity index (χ4v) is 6.15. The van der Waals surface area contributed by atoms with Crippen molar-refractivity contribution in [2.24, 2.45) is 17.3 Å². The van der Waals surface area contributed by atoms with Crippen LogP contribution in [0, 0.1) is 28.6 Å². The van der Waals surface area contributed by atoms with Crippen LogP contribution in [0.15, 0.2) is 0 Å². The van der Waals surface area contributed by atoms with Crippen LogP contribution in [0.3, 0.4) is 0 Å². The van der Waals surface area contributed by atoms with E-state index in [1.807, 2.05) is 0 Å². The number of urea groups is 1. The highest BCUT2D eigenvalue weighted by Crippen LogP contribution is 2.45. The van der Waals surface area contributed by atoms with Crippen LogP contribution in [-0.2, 0) is 22.4 Å². The number of thiophene rings is 1. The number of hydrogen-bond donors (Lipinski definition) is 2. The van der Waals surface area contributed by atoms with E-state index in [4.69, 9.17) is 0 Å². The third-order valence-corrected chi connectivity index (χ3v) is 8.81. The molecule has 7 nitrogen and oxygen atoms in total. The summed E-state index contributed by atoms with van der Waals surface area (Å²) < 4.78 is 0. The molecule has 2 heterocycles. The molecule has 31 heavy (non-hydrogen) atoms. The van der Waals surface area contributed by atoms with E-state index < -0.39 is 17.5 Å². The first-order chi connectivity index (χ1) is 14.6. The Morgan fingerprint density at radius 1 is 1.35 bits per heavy atom. The summed E-state index contributed by atoms with van der Waals surface area (Å²) in [4.78, 5) is 40.0. The molecule has 8 heteroatoms. The molecule has 0 spiro atoms. The molecule has 166 valence electrons. The molecule has 1 aliphatic heterocycles. The topological polar surface area (TPSA) is 102 Å². The van der Waals surface area contributed by atoms with Gasteiger partial charge in [0, 0.05) is 4.88 Å². The van der Waals surface area contributed by atoms with Crippen molar-refractivity contribution in [2.75, 3.05) is 11.9 Å². The Morgan fingerprint density at radius 3 is 2.68 bits per heavy atom. The second kappa shape index (κ2) is 7.63. The first kappa shape index (κ1) is 21.8. The first-order valence-corrected chi connectivity index (χ1v) is 11.9. The number of nitrogens with zero attached hydrogens (tertiary/aromatic N) is 2. The fraction of sp³-hybridized carbons (Fsp3) is 0.652. The molecule has 0 radical (unpaired) electrons. The van der Waals surface area contributed by atoms with Crippen LogP contribution in [0.5, 0.6) is 0 Å². The Balaban J connectivity index is 1.48. The summed E-state index contributed by atoms with van der Waals surface area (Å²) >= 11 is 1.46. The predicted octanol–water partition coefficient (Wildman–Crippen LogP) is 3.82. The molecule has 3 aliphatic rings. The number of carbonyl (C=O) groups excluding carboxylic acids is 3. The molecule has 1 saturated heterocycles. The second-order valence-electron chi connectivity index (χ2n) is 9.95. The van der Waals surface area contributed by atoms with Crippen molar-refractivity contribution < 1.29 is 14.4 Å². The zero-order chi connectivity index (χ0) is 22.6. The number of imide groups is 1. The number of nitrogens with one attached hydrogen (secondary N) is 2. The van der Waals surface area contributed by atoms with Gasteiger partial charge in [0.05, 0.1) is 5.56 Å². The van der Waals surface area contributed by atoms with E-state index in [-0.39, 0.29) is 23.8 Å². The summed E-state index contributed by atoms with van der Waals surface area (Å²) in [6.45, 7) is 8.18. The highest BCUT2D eigenvalue weighted by atomic mass is 32.1. The number of carbonyl (C=O) groups is 3. The average Bonchev–Trinajstić information content (AvgIpc) is 3.49. The van der Waals surface area contributed by atoms with Crippen LogP contribution in [0.25, 0.3) is 0 Å². The van der Waals surface area contributed by atoms with Gasteiger partial charge in [-0.1, -0.05) is 27.2 Å². The molecule has 0 aromatic carbocycles. The van der Waals surface area contributed by atoms with Crippen molar-refractivity contribution in [2.45, 2.75) is 71.8 Å². The SMILES string of the molecule is CCC(C)(C)[C@@H]1CCc2c(sc(NC(=O)CN3C(=O)N[C@@](C)(C4CC4)C3=O)c2C#N)C1. The standard InChI is InChI=1S/C23H30N4O3S/c1-5-22(2,3)14-8-9-15-16(11-24)19(31-17(15)10-14)25-18(28)12-27-20(29)23(4,13-6-7-13)26-21(27)30/h13-14H,5-10,12H2,1-4H3,(H,25,28)(H,26,30)/t14-,23+/m1/s1. The van der Waals surface area contributed by atoms with Crippen LogP contribution in [0.4, 0.5) is 9.80 Å². The monoisotopic (exact) mass is 442 g/mol. The molecule has 4 amide bonds. The summed E-state index contributed by atoms with van der Waals surface area (Å²) in [7, 11) is 0. The minimum atomic E-state index is -0.904. The lowest BCUT2D eigenvalue weighted by Gasteiger charge is -2.36. The summed E-state index contributed by atoms with van der Waals surface area (Å²) in [5.74, 6) is -0.105. The Kier molecular flexibility index (Phi) is 5.37. The number of anilines is 1. The van der Waals surface area contributed by atoms with Gasteiger partial charge in [-0.05, 0) is 61.8 Å². The maximum atomic E-state index is 12.8. The highest BCUT2D eigenvalue weighted by molar-refractivity contribution is 7.16. The van der Waals surface area contributed by atoms with Crippen LogP contribution < -0.4 is 10.6 Å². The van der Waals surface area contributed by atoms with Crippen molar-refractivity contribution in [1.82, 2.24) is 10.2 Å². The lowest BCUT2D eigenvalue weighted by Crippen LogP contribution is -2.46. The van der Waals surface area contributed by atoms with Gasteiger partial charge >= 0.3 is 6.03 Å². The van der Waals surface area contributed by atoms with Gasteiger partial charge in [0.15, 0.2) is 0 Å². The zero-order valence-electron chi connectivity index (χ0n) is 18.6. The van der Waals surface area contributed by atoms with Gasteiger partial charge in [-0.15, -0.1) is 11.3 Å². The summed E-state index contributed by atoms with van der Waals surface area (Å²) in [5.41, 5.74) is 0.900. The third-order valence-electron chi connectivity index (χ3n) is 7.64. The minimum absolute atomic E-state index is 0.145. The third kappa shape index (κ3) is 3.73. The van der Waals surface area contributed by atoms with E-state index in [0.717, 1.165) is 49.0 Å². The zero-order valence-corrected chi connectivity index (χ0v) is 19.4. The molecule has 2 fully saturated rings. The van der Waals surface area contributed by atoms with Gasteiger partial charge in [0.2, 0.25) is 5.91 Å². The maximum absolute atomic E-state index is 12.8. The van der Waals surface area contributed by atoms with Crippen molar-refractivity contribution in [1.29, 1.82) is 5.26 Å². The predicted molar refractivity (Wildman–Crippen MR) is 119 cm³/mol. The number of amides is 4. The quantitative estimate of drug-likeness (QED) is 0.654. The largest absolute Gasteiger partial charge is 0.325 e. The Bertz CT molecular complexity index is 988. The number of rotatable bonds is 6. The van der Waals surface area contributed by atoms with Crippen LogP contribution >= 0.6 is 11.3 Å². The molecule has 2 aliphatic carbocycles. The summed E-state index contributed by atoms with van der Waals surface area (Å²) in [6.07, 6.45) is 5.70. The highest BCUT2D eigenvalue weighted by Gasteiger charge is 2.56. The van der Waals surface area contributed by atoms with E-state index in [1.54, 1.807) is 6.92 Å². The summed E-state index contributed by atoms with van der Waals surface area (Å²) in [6, 6.07) is 1.74. The molecular weight excluding hydrogens is 412 g/mol. The van der Waals surface area contributed by atoms with Crippen LogP contribution in [-0.4, -0.2) is 34.8 Å². The van der Waals surface area contributed by atoms with Gasteiger partial charge in [0.25, 0.3) is 5.91 Å². The van der Waals surface area contributed by atoms with Gasteiger partial charge in [-0.3, -0.25) is 14.5 Å². The smallest absolute Gasteiger partial charge is 0.323 e. The average molecular weight is 443 g/mol. The van der Waals surface area contributed by atoms with E-state index in [0.29, 0.717) is 16.5 Å². The van der Waals surface area contributed by atoms with Crippen LogP contribution in [0.1, 0.15) is 69.4 Å². The Labute approximate surface area is 187 Å². The molecule has 0 bridgehead atoms. The van der Waals surface area contributed by atoms with Gasteiger partial charge in [-0.2, -0.15) is 5.26 Å². The second-order valence-corrected chi connectivity index (χ2v) is 11.1. The van der Waals surface area contributed by atoms with Gasteiger partial charge in [-0.25, -0.2) is 4.79 Å². The van der Waals surface area contributed by atoms with E-state index >= 15 is 0 Å². The minimum Gasteiger partial charge on any atom is -0.323 e. The Morgan fingerprint density at radius 2 is 2.06 bits per heavy atom. The summed E-state index contributed by atoms with van der Waals surface area (Å²) in [5, 5.41) is 15.8. The van der Waals surface area contributed by atoms with Gasteiger partial charge in [0.1, 0.15) is 23.2 Å². The number of hydrogen-bond acceptors (Lipinski definition) is 5. The van der Waals surface area contributed by atoms with E-state index in [9.17, 15) is 19.6 Å². The molecule has 1 aromatic rings. The molecule has 2 atom stereocenters. The fourth-order valence-electron chi connectivity index (χ4n) is 4.85. The molecule has 0 unspecified atom stereocenters. The van der Waals surface area contributed by atoms with Crippen molar-refractivity contribution in [3.05, 3.63) is 16.0 Å². The van der Waals surface area contributed by atoms with E-state index in [2.05, 4.69) is 37.5 Å². The normalized spacial score (nSPS) is 25.8. The molecular formula is C23H30N4O3S. The van der Waals surface area contributed by atoms with E-state index in [1.165, 1.54) is 16.2 Å². The Hall–Kier alpha value is -2.40. The number of nitriles is 1. The van der Waals surface area contributed by atoms with Crippen molar-refractivity contribution >= 4 is 34.2 Å².